The van der Waals surface area contributed by atoms with Crippen LogP contribution in [0.4, 0.5) is 0 Å². The molecule has 0 unspecified atom stereocenters. The summed E-state index contributed by atoms with van der Waals surface area (Å²) in [6.45, 7) is 5.49. The Kier molecular flexibility index (Phi) is 6.80. The molecule has 0 spiro atoms. The number of ether oxygens (including phenoxy) is 2. The first kappa shape index (κ1) is 22.3. The van der Waals surface area contributed by atoms with Crippen molar-refractivity contribution in [2.45, 2.75) is 33.1 Å². The molecular formula is C26H30N2O3S. The Morgan fingerprint density at radius 1 is 1.06 bits per heavy atom. The summed E-state index contributed by atoms with van der Waals surface area (Å²) in [6.07, 6.45) is 3.16. The smallest absolute Gasteiger partial charge is 0.266 e. The second-order valence-electron chi connectivity index (χ2n) is 8.41. The van der Waals surface area contributed by atoms with Gasteiger partial charge in [-0.05, 0) is 56.7 Å². The minimum Gasteiger partial charge on any atom is -0.493 e. The number of carbonyl (C=O) groups is 1. The number of hydrogen-bond acceptors (Lipinski definition) is 5. The van der Waals surface area contributed by atoms with Crippen LogP contribution in [0.1, 0.15) is 38.6 Å². The fraction of sp³-hybridized carbons (Fsp3) is 0.385. The lowest BCUT2D eigenvalue weighted by Gasteiger charge is -2.23. The van der Waals surface area contributed by atoms with E-state index in [1.165, 1.54) is 29.7 Å². The molecule has 0 aliphatic heterocycles. The Balaban J connectivity index is 1.56. The molecule has 0 bridgehead atoms. The van der Waals surface area contributed by atoms with Gasteiger partial charge in [-0.1, -0.05) is 35.9 Å². The molecule has 168 valence electrons. The fourth-order valence-corrected chi connectivity index (χ4v) is 4.72. The van der Waals surface area contributed by atoms with Crippen molar-refractivity contribution in [3.63, 3.8) is 0 Å². The number of benzene rings is 2. The maximum atomic E-state index is 13.7. The fourth-order valence-electron chi connectivity index (χ4n) is 3.81. The van der Waals surface area contributed by atoms with E-state index in [0.717, 1.165) is 39.7 Å². The molecule has 32 heavy (non-hydrogen) atoms. The van der Waals surface area contributed by atoms with Gasteiger partial charge in [0.2, 0.25) is 0 Å². The Labute approximate surface area is 194 Å². The summed E-state index contributed by atoms with van der Waals surface area (Å²) in [6, 6.07) is 14.2. The molecule has 3 aromatic rings. The number of rotatable bonds is 9. The predicted octanol–water partition coefficient (Wildman–Crippen LogP) is 5.54. The lowest BCUT2D eigenvalue weighted by Crippen LogP contribution is -2.34. The van der Waals surface area contributed by atoms with Gasteiger partial charge in [0.05, 0.1) is 24.9 Å². The van der Waals surface area contributed by atoms with Crippen molar-refractivity contribution in [1.29, 1.82) is 0 Å². The Hall–Kier alpha value is -2.86. The van der Waals surface area contributed by atoms with Crippen molar-refractivity contribution in [2.24, 2.45) is 5.92 Å². The molecule has 0 radical (unpaired) electrons. The van der Waals surface area contributed by atoms with Crippen LogP contribution in [0.5, 0.6) is 11.5 Å². The molecule has 0 atom stereocenters. The third-order valence-electron chi connectivity index (χ3n) is 5.83. The van der Waals surface area contributed by atoms with Crippen LogP contribution < -0.4 is 9.47 Å². The van der Waals surface area contributed by atoms with Gasteiger partial charge in [-0.15, -0.1) is 11.3 Å². The molecule has 1 amide bonds. The maximum Gasteiger partial charge on any atom is 0.266 e. The van der Waals surface area contributed by atoms with Crippen LogP contribution in [0.2, 0.25) is 0 Å². The van der Waals surface area contributed by atoms with Gasteiger partial charge in [-0.3, -0.25) is 4.79 Å². The molecule has 1 aliphatic rings. The Morgan fingerprint density at radius 2 is 1.78 bits per heavy atom. The van der Waals surface area contributed by atoms with Gasteiger partial charge in [0, 0.05) is 18.7 Å². The minimum atomic E-state index is 0.0820. The van der Waals surface area contributed by atoms with Crippen molar-refractivity contribution in [2.75, 3.05) is 27.3 Å². The molecule has 2 aromatic carbocycles. The number of amides is 1. The van der Waals surface area contributed by atoms with E-state index < -0.39 is 0 Å². The molecule has 4 rings (SSSR count). The van der Waals surface area contributed by atoms with Crippen molar-refractivity contribution in [1.82, 2.24) is 9.88 Å². The molecule has 0 N–H and O–H groups in total. The Bertz CT molecular complexity index is 1090. The lowest BCUT2D eigenvalue weighted by molar-refractivity contribution is 0.0755. The van der Waals surface area contributed by atoms with E-state index in [4.69, 9.17) is 14.5 Å². The number of aromatic nitrogens is 1. The van der Waals surface area contributed by atoms with E-state index in [0.29, 0.717) is 24.0 Å². The molecule has 6 heteroatoms. The largest absolute Gasteiger partial charge is 0.493 e. The van der Waals surface area contributed by atoms with Gasteiger partial charge in [-0.2, -0.15) is 0 Å². The molecule has 1 heterocycles. The van der Waals surface area contributed by atoms with Gasteiger partial charge in [0.15, 0.2) is 11.5 Å². The average molecular weight is 451 g/mol. The second-order valence-corrected chi connectivity index (χ2v) is 9.61. The quantitative estimate of drug-likeness (QED) is 0.430. The zero-order valence-corrected chi connectivity index (χ0v) is 20.0. The van der Waals surface area contributed by atoms with Crippen LogP contribution in [0.25, 0.3) is 11.3 Å². The molecule has 1 aromatic heterocycles. The van der Waals surface area contributed by atoms with Gasteiger partial charge in [-0.25, -0.2) is 4.98 Å². The van der Waals surface area contributed by atoms with Gasteiger partial charge in [0.1, 0.15) is 4.88 Å². The van der Waals surface area contributed by atoms with E-state index in [1.54, 1.807) is 14.2 Å². The molecular weight excluding hydrogens is 420 g/mol. The van der Waals surface area contributed by atoms with Crippen LogP contribution in [0.3, 0.4) is 0 Å². The normalized spacial score (nSPS) is 13.1. The maximum absolute atomic E-state index is 13.7. The van der Waals surface area contributed by atoms with Crippen molar-refractivity contribution >= 4 is 17.2 Å². The highest BCUT2D eigenvalue weighted by atomic mass is 32.1. The first-order chi connectivity index (χ1) is 15.5. The lowest BCUT2D eigenvalue weighted by atomic mass is 10.1. The van der Waals surface area contributed by atoms with Crippen LogP contribution in [0.15, 0.2) is 42.5 Å². The number of nitrogens with zero attached hydrogens (tertiary/aromatic N) is 2. The SMILES string of the molecule is COc1ccc(CCN(CC2CC2)C(=O)c2sc(C)nc2-c2ccc(C)cc2)cc1OC. The third-order valence-corrected chi connectivity index (χ3v) is 6.79. The third kappa shape index (κ3) is 5.13. The summed E-state index contributed by atoms with van der Waals surface area (Å²) in [5, 5.41) is 0.912. The summed E-state index contributed by atoms with van der Waals surface area (Å²) in [5.41, 5.74) is 4.10. The molecule has 1 fully saturated rings. The highest BCUT2D eigenvalue weighted by molar-refractivity contribution is 7.14. The number of hydrogen-bond donors (Lipinski definition) is 0. The van der Waals surface area contributed by atoms with Crippen molar-refractivity contribution in [3.05, 3.63) is 63.5 Å². The van der Waals surface area contributed by atoms with E-state index >= 15 is 0 Å². The van der Waals surface area contributed by atoms with Crippen LogP contribution in [-0.2, 0) is 6.42 Å². The zero-order valence-electron chi connectivity index (χ0n) is 19.2. The van der Waals surface area contributed by atoms with E-state index in [1.807, 2.05) is 30.0 Å². The van der Waals surface area contributed by atoms with Crippen LogP contribution >= 0.6 is 11.3 Å². The molecule has 5 nitrogen and oxygen atoms in total. The summed E-state index contributed by atoms with van der Waals surface area (Å²) in [4.78, 5) is 21.1. The number of aryl methyl sites for hydroxylation is 2. The van der Waals surface area contributed by atoms with Crippen LogP contribution in [-0.4, -0.2) is 43.1 Å². The zero-order chi connectivity index (χ0) is 22.7. The van der Waals surface area contributed by atoms with E-state index in [9.17, 15) is 4.79 Å². The highest BCUT2D eigenvalue weighted by Crippen LogP contribution is 2.34. The number of carbonyl (C=O) groups excluding carboxylic acids is 1. The van der Waals surface area contributed by atoms with Gasteiger partial charge in [0.25, 0.3) is 5.91 Å². The average Bonchev–Trinajstić information content (AvgIpc) is 3.55. The summed E-state index contributed by atoms with van der Waals surface area (Å²) in [5.74, 6) is 2.12. The monoisotopic (exact) mass is 450 g/mol. The molecule has 1 saturated carbocycles. The van der Waals surface area contributed by atoms with Crippen molar-refractivity contribution in [3.8, 4) is 22.8 Å². The standard InChI is InChI=1S/C26H30N2O3S/c1-17-5-10-21(11-6-17)24-25(32-18(2)27-24)26(29)28(16-20-7-8-20)14-13-19-9-12-22(30-3)23(15-19)31-4/h5-6,9-12,15,20H,7-8,13-14,16H2,1-4H3. The first-order valence-corrected chi connectivity index (χ1v) is 11.8. The van der Waals surface area contributed by atoms with Gasteiger partial charge < -0.3 is 14.4 Å². The summed E-state index contributed by atoms with van der Waals surface area (Å²) >= 11 is 1.49. The molecule has 0 saturated heterocycles. The highest BCUT2D eigenvalue weighted by Gasteiger charge is 2.29. The first-order valence-electron chi connectivity index (χ1n) is 11.0. The van der Waals surface area contributed by atoms with Gasteiger partial charge >= 0.3 is 0 Å². The summed E-state index contributed by atoms with van der Waals surface area (Å²) < 4.78 is 10.8. The number of methoxy groups -OCH3 is 2. The Morgan fingerprint density at radius 3 is 2.44 bits per heavy atom. The topological polar surface area (TPSA) is 51.7 Å². The van der Waals surface area contributed by atoms with Crippen LogP contribution in [0, 0.1) is 19.8 Å². The van der Waals surface area contributed by atoms with E-state index in [2.05, 4.69) is 31.2 Å². The minimum absolute atomic E-state index is 0.0820. The van der Waals surface area contributed by atoms with E-state index in [-0.39, 0.29) is 5.91 Å². The second kappa shape index (κ2) is 9.74. The van der Waals surface area contributed by atoms with Crippen molar-refractivity contribution < 1.29 is 14.3 Å². The summed E-state index contributed by atoms with van der Waals surface area (Å²) in [7, 11) is 3.28. The predicted molar refractivity (Wildman–Crippen MR) is 129 cm³/mol. The number of thiazole rings is 1. The molecule has 1 aliphatic carbocycles.